The van der Waals surface area contributed by atoms with E-state index in [1.54, 1.807) is 11.3 Å². The van der Waals surface area contributed by atoms with E-state index in [0.29, 0.717) is 12.5 Å². The highest BCUT2D eigenvalue weighted by molar-refractivity contribution is 7.11. The zero-order chi connectivity index (χ0) is 14.0. The molecule has 1 amide bonds. The summed E-state index contributed by atoms with van der Waals surface area (Å²) in [6.45, 7) is 10.7. The topological polar surface area (TPSA) is 66.9 Å². The molecule has 1 aliphatic rings. The van der Waals surface area contributed by atoms with Gasteiger partial charge in [-0.25, -0.2) is 0 Å². The van der Waals surface area contributed by atoms with Crippen molar-refractivity contribution in [2.75, 3.05) is 13.1 Å². The Labute approximate surface area is 118 Å². The third-order valence-electron chi connectivity index (χ3n) is 3.46. The highest BCUT2D eigenvalue weighted by Gasteiger charge is 2.28. The van der Waals surface area contributed by atoms with Gasteiger partial charge in [0.2, 0.25) is 5.91 Å². The number of nitrogens with zero attached hydrogens (tertiary/aromatic N) is 2. The molecule has 19 heavy (non-hydrogen) atoms. The van der Waals surface area contributed by atoms with Crippen molar-refractivity contribution in [3.8, 4) is 0 Å². The van der Waals surface area contributed by atoms with E-state index in [1.807, 2.05) is 6.92 Å². The summed E-state index contributed by atoms with van der Waals surface area (Å²) in [6.07, 6.45) is 0. The highest BCUT2D eigenvalue weighted by atomic mass is 32.1. The van der Waals surface area contributed by atoms with Gasteiger partial charge in [0.05, 0.1) is 6.54 Å². The molecule has 1 fully saturated rings. The monoisotopic (exact) mass is 282 g/mol. The van der Waals surface area contributed by atoms with Gasteiger partial charge in [0, 0.05) is 11.3 Å². The second kappa shape index (κ2) is 5.54. The Morgan fingerprint density at radius 3 is 2.63 bits per heavy atom. The molecule has 0 saturated carbocycles. The molecule has 5 nitrogen and oxygen atoms in total. The van der Waals surface area contributed by atoms with E-state index in [1.165, 1.54) is 0 Å². The molecule has 2 rings (SSSR count). The molecular formula is C13H22N4OS. The minimum absolute atomic E-state index is 0.0187. The molecule has 0 spiro atoms. The summed E-state index contributed by atoms with van der Waals surface area (Å²) in [6, 6.07) is 0. The number of nitrogens with one attached hydrogen (secondary N) is 2. The van der Waals surface area contributed by atoms with Gasteiger partial charge in [-0.3, -0.25) is 4.79 Å². The largest absolute Gasteiger partial charge is 0.349 e. The smallest absolute Gasteiger partial charge is 0.223 e. The van der Waals surface area contributed by atoms with Crippen LogP contribution >= 0.6 is 11.3 Å². The van der Waals surface area contributed by atoms with Crippen LogP contribution in [0.4, 0.5) is 0 Å². The fourth-order valence-electron chi connectivity index (χ4n) is 1.83. The van der Waals surface area contributed by atoms with E-state index in [2.05, 4.69) is 41.6 Å². The lowest BCUT2D eigenvalue weighted by atomic mass is 9.88. The van der Waals surface area contributed by atoms with Gasteiger partial charge in [-0.1, -0.05) is 39.0 Å². The molecule has 2 heterocycles. The lowest BCUT2D eigenvalue weighted by molar-refractivity contribution is -0.126. The van der Waals surface area contributed by atoms with Crippen LogP contribution in [0.2, 0.25) is 0 Å². The van der Waals surface area contributed by atoms with Gasteiger partial charge >= 0.3 is 0 Å². The summed E-state index contributed by atoms with van der Waals surface area (Å²) in [5.74, 6) is 0.648. The molecule has 1 aromatic heterocycles. The molecule has 0 radical (unpaired) electrons. The molecule has 0 bridgehead atoms. The first-order valence-electron chi connectivity index (χ1n) is 6.69. The van der Waals surface area contributed by atoms with E-state index in [4.69, 9.17) is 0 Å². The Balaban J connectivity index is 1.84. The summed E-state index contributed by atoms with van der Waals surface area (Å²) >= 11 is 1.57. The van der Waals surface area contributed by atoms with E-state index in [9.17, 15) is 4.79 Å². The van der Waals surface area contributed by atoms with Crippen LogP contribution in [0, 0.1) is 11.8 Å². The van der Waals surface area contributed by atoms with Crippen molar-refractivity contribution in [1.29, 1.82) is 0 Å². The molecule has 0 aliphatic carbocycles. The highest BCUT2D eigenvalue weighted by Crippen LogP contribution is 2.25. The van der Waals surface area contributed by atoms with Gasteiger partial charge in [0.25, 0.3) is 0 Å². The maximum atomic E-state index is 12.0. The van der Waals surface area contributed by atoms with Crippen LogP contribution in [-0.2, 0) is 16.8 Å². The van der Waals surface area contributed by atoms with Crippen molar-refractivity contribution in [3.63, 3.8) is 0 Å². The zero-order valence-corrected chi connectivity index (χ0v) is 12.8. The summed E-state index contributed by atoms with van der Waals surface area (Å²) < 4.78 is 0. The fourth-order valence-corrected chi connectivity index (χ4v) is 2.67. The van der Waals surface area contributed by atoms with Crippen LogP contribution in [0.25, 0.3) is 0 Å². The Morgan fingerprint density at radius 2 is 2.16 bits per heavy atom. The van der Waals surface area contributed by atoms with Crippen LogP contribution < -0.4 is 10.6 Å². The molecule has 0 aromatic carbocycles. The first-order chi connectivity index (χ1) is 8.88. The van der Waals surface area contributed by atoms with Gasteiger partial charge in [-0.2, -0.15) is 0 Å². The van der Waals surface area contributed by atoms with Gasteiger partial charge < -0.3 is 10.6 Å². The molecule has 1 unspecified atom stereocenters. The standard InChI is InChI=1S/C13H22N4OS/c1-8(9-5-14-6-9)11(18)15-7-10-16-17-12(19-10)13(2,3)4/h8-9,14H,5-7H2,1-4H3,(H,15,18). The van der Waals surface area contributed by atoms with Crippen molar-refractivity contribution in [3.05, 3.63) is 10.0 Å². The van der Waals surface area contributed by atoms with Crippen molar-refractivity contribution in [1.82, 2.24) is 20.8 Å². The molecule has 6 heteroatoms. The Hall–Kier alpha value is -1.01. The first kappa shape index (κ1) is 14.4. The summed E-state index contributed by atoms with van der Waals surface area (Å²) in [5, 5.41) is 16.3. The number of aromatic nitrogens is 2. The van der Waals surface area contributed by atoms with Crippen LogP contribution in [-0.4, -0.2) is 29.2 Å². The SMILES string of the molecule is CC(C(=O)NCc1nnc(C(C)(C)C)s1)C1CNC1. The fraction of sp³-hybridized carbons (Fsp3) is 0.769. The van der Waals surface area contributed by atoms with Crippen LogP contribution in [0.3, 0.4) is 0 Å². The Morgan fingerprint density at radius 1 is 1.47 bits per heavy atom. The van der Waals surface area contributed by atoms with E-state index in [0.717, 1.165) is 23.1 Å². The first-order valence-corrected chi connectivity index (χ1v) is 7.51. The van der Waals surface area contributed by atoms with E-state index >= 15 is 0 Å². The second-order valence-corrected chi connectivity index (χ2v) is 7.24. The predicted molar refractivity (Wildman–Crippen MR) is 76.0 cm³/mol. The van der Waals surface area contributed by atoms with E-state index in [-0.39, 0.29) is 17.2 Å². The third-order valence-corrected chi connectivity index (χ3v) is 4.80. The van der Waals surface area contributed by atoms with Gasteiger partial charge in [0.15, 0.2) is 0 Å². The zero-order valence-electron chi connectivity index (χ0n) is 12.0. The van der Waals surface area contributed by atoms with Crippen LogP contribution in [0.1, 0.15) is 37.7 Å². The lowest BCUT2D eigenvalue weighted by Gasteiger charge is -2.31. The Kier molecular flexibility index (Phi) is 4.20. The normalized spacial score (nSPS) is 17.9. The van der Waals surface area contributed by atoms with Gasteiger partial charge in [-0.05, 0) is 19.0 Å². The number of hydrogen-bond acceptors (Lipinski definition) is 5. The Bertz CT molecular complexity index is 448. The molecule has 106 valence electrons. The van der Waals surface area contributed by atoms with Crippen LogP contribution in [0.15, 0.2) is 0 Å². The van der Waals surface area contributed by atoms with Crippen molar-refractivity contribution < 1.29 is 4.79 Å². The third kappa shape index (κ3) is 3.51. The number of rotatable bonds is 4. The van der Waals surface area contributed by atoms with Crippen molar-refractivity contribution >= 4 is 17.2 Å². The summed E-state index contributed by atoms with van der Waals surface area (Å²) in [5.41, 5.74) is 0.0187. The van der Waals surface area contributed by atoms with Gasteiger partial charge in [-0.15, -0.1) is 10.2 Å². The quantitative estimate of drug-likeness (QED) is 0.874. The minimum atomic E-state index is 0.0187. The van der Waals surface area contributed by atoms with Crippen LogP contribution in [0.5, 0.6) is 0 Å². The average Bonchev–Trinajstić information content (AvgIpc) is 2.71. The predicted octanol–water partition coefficient (Wildman–Crippen LogP) is 1.31. The number of hydrogen-bond donors (Lipinski definition) is 2. The van der Waals surface area contributed by atoms with Crippen molar-refractivity contribution in [2.45, 2.75) is 39.7 Å². The summed E-state index contributed by atoms with van der Waals surface area (Å²) in [4.78, 5) is 12.0. The second-order valence-electron chi connectivity index (χ2n) is 6.18. The minimum Gasteiger partial charge on any atom is -0.349 e. The molecular weight excluding hydrogens is 260 g/mol. The molecule has 1 aliphatic heterocycles. The summed E-state index contributed by atoms with van der Waals surface area (Å²) in [7, 11) is 0. The molecule has 1 atom stereocenters. The maximum Gasteiger partial charge on any atom is 0.223 e. The van der Waals surface area contributed by atoms with Gasteiger partial charge in [0.1, 0.15) is 10.0 Å². The average molecular weight is 282 g/mol. The van der Waals surface area contributed by atoms with E-state index < -0.39 is 0 Å². The number of amides is 1. The molecule has 2 N–H and O–H groups in total. The molecule has 1 aromatic rings. The lowest BCUT2D eigenvalue weighted by Crippen LogP contribution is -2.49. The molecule has 1 saturated heterocycles. The van der Waals surface area contributed by atoms with Crippen molar-refractivity contribution in [2.24, 2.45) is 11.8 Å². The maximum absolute atomic E-state index is 12.0. The number of carbonyl (C=O) groups excluding carboxylic acids is 1. The number of carbonyl (C=O) groups is 1.